The van der Waals surface area contributed by atoms with E-state index in [2.05, 4.69) is 4.90 Å². The van der Waals surface area contributed by atoms with E-state index in [1.54, 1.807) is 39.0 Å². The van der Waals surface area contributed by atoms with Gasteiger partial charge in [-0.25, -0.2) is 9.78 Å². The minimum atomic E-state index is -4.39. The van der Waals surface area contributed by atoms with Crippen LogP contribution in [0.5, 0.6) is 5.75 Å². The Hall–Kier alpha value is -3.56. The van der Waals surface area contributed by atoms with Crippen LogP contribution in [0.1, 0.15) is 37.5 Å². The van der Waals surface area contributed by atoms with E-state index in [-0.39, 0.29) is 6.61 Å². The van der Waals surface area contributed by atoms with E-state index in [4.69, 9.17) is 26.1 Å². The number of nitrogens with zero attached hydrogens (tertiary/aromatic N) is 2. The van der Waals surface area contributed by atoms with Crippen molar-refractivity contribution in [3.8, 4) is 17.0 Å². The summed E-state index contributed by atoms with van der Waals surface area (Å²) >= 11 is 7.63. The molecule has 216 valence electrons. The highest BCUT2D eigenvalue weighted by Gasteiger charge is 2.32. The van der Waals surface area contributed by atoms with Crippen LogP contribution in [0.15, 0.2) is 78.2 Å². The minimum Gasteiger partial charge on any atom is -0.476 e. The Morgan fingerprint density at radius 2 is 1.68 bits per heavy atom. The molecule has 0 fully saturated rings. The lowest BCUT2D eigenvalue weighted by Crippen LogP contribution is -2.39. The van der Waals surface area contributed by atoms with Crippen LogP contribution in [0.25, 0.3) is 11.3 Å². The van der Waals surface area contributed by atoms with Crippen molar-refractivity contribution in [3.63, 3.8) is 0 Å². The molecule has 0 radical (unpaired) electrons. The van der Waals surface area contributed by atoms with Gasteiger partial charge < -0.3 is 14.4 Å². The van der Waals surface area contributed by atoms with E-state index in [0.717, 1.165) is 39.6 Å². The van der Waals surface area contributed by atoms with E-state index in [1.807, 2.05) is 35.7 Å². The number of benzene rings is 3. The van der Waals surface area contributed by atoms with Crippen molar-refractivity contribution in [1.82, 2.24) is 4.98 Å². The Balaban J connectivity index is 1.51. The second kappa shape index (κ2) is 13.0. The van der Waals surface area contributed by atoms with Gasteiger partial charge in [-0.3, -0.25) is 0 Å². The average molecular weight is 603 g/mol. The molecular formula is C31H30ClF3N2O3S. The Morgan fingerprint density at radius 1 is 1.00 bits per heavy atom. The third kappa shape index (κ3) is 8.24. The summed E-state index contributed by atoms with van der Waals surface area (Å²) in [6, 6.07) is 20.1. The number of hydrogen-bond acceptors (Lipinski definition) is 6. The highest BCUT2D eigenvalue weighted by molar-refractivity contribution is 7.14. The van der Waals surface area contributed by atoms with Crippen molar-refractivity contribution < 1.29 is 27.4 Å². The van der Waals surface area contributed by atoms with Crippen molar-refractivity contribution in [2.45, 2.75) is 45.5 Å². The van der Waals surface area contributed by atoms with E-state index < -0.39 is 23.3 Å². The number of ether oxygens (including phenoxy) is 2. The number of carbonyl (C=O) groups excluding carboxylic acids is 1. The quantitative estimate of drug-likeness (QED) is 0.161. The minimum absolute atomic E-state index is 0.271. The highest BCUT2D eigenvalue weighted by Crippen LogP contribution is 2.32. The molecule has 41 heavy (non-hydrogen) atoms. The molecule has 0 saturated carbocycles. The number of hydrogen-bond donors (Lipinski definition) is 0. The number of aromatic nitrogens is 1. The SMILES string of the molecule is CCOC(=O)C(C)(C)Oc1ccc(CCN(Cc2ccc(C(F)(F)F)cc2)c2nc(-c3cccc(Cl)c3)cs2)cc1. The number of halogens is 4. The van der Waals surface area contributed by atoms with E-state index >= 15 is 0 Å². The normalized spacial score (nSPS) is 11.8. The van der Waals surface area contributed by atoms with Crippen LogP contribution in [-0.4, -0.2) is 29.7 Å². The van der Waals surface area contributed by atoms with Crippen LogP contribution >= 0.6 is 22.9 Å². The lowest BCUT2D eigenvalue weighted by molar-refractivity contribution is -0.158. The van der Waals surface area contributed by atoms with Crippen molar-refractivity contribution in [2.24, 2.45) is 0 Å². The van der Waals surface area contributed by atoms with Crippen LogP contribution in [0, 0.1) is 0 Å². The number of rotatable bonds is 11. The molecule has 0 saturated heterocycles. The molecule has 0 atom stereocenters. The van der Waals surface area contributed by atoms with Gasteiger partial charge in [0, 0.05) is 29.1 Å². The maximum atomic E-state index is 13.1. The summed E-state index contributed by atoms with van der Waals surface area (Å²) in [7, 11) is 0. The summed E-state index contributed by atoms with van der Waals surface area (Å²) in [4.78, 5) is 19.0. The zero-order valence-corrected chi connectivity index (χ0v) is 24.4. The molecule has 1 heterocycles. The second-order valence-electron chi connectivity index (χ2n) is 9.87. The first-order valence-corrected chi connectivity index (χ1v) is 14.3. The van der Waals surface area contributed by atoms with E-state index in [0.29, 0.717) is 30.3 Å². The summed E-state index contributed by atoms with van der Waals surface area (Å²) in [6.45, 7) is 6.28. The number of thiazole rings is 1. The van der Waals surface area contributed by atoms with Crippen molar-refractivity contribution in [3.05, 3.63) is 99.9 Å². The van der Waals surface area contributed by atoms with Gasteiger partial charge in [0.1, 0.15) is 5.75 Å². The second-order valence-corrected chi connectivity index (χ2v) is 11.1. The van der Waals surface area contributed by atoms with Gasteiger partial charge in [0.15, 0.2) is 10.7 Å². The summed E-state index contributed by atoms with van der Waals surface area (Å²) in [5.74, 6) is 0.100. The number of anilines is 1. The van der Waals surface area contributed by atoms with Gasteiger partial charge >= 0.3 is 12.1 Å². The molecule has 4 rings (SSSR count). The first-order chi connectivity index (χ1) is 19.4. The van der Waals surface area contributed by atoms with Gasteiger partial charge in [-0.15, -0.1) is 11.3 Å². The summed E-state index contributed by atoms with van der Waals surface area (Å²) < 4.78 is 50.2. The molecule has 0 spiro atoms. The van der Waals surface area contributed by atoms with Crippen LogP contribution in [-0.2, 0) is 28.7 Å². The molecule has 0 unspecified atom stereocenters. The molecular weight excluding hydrogens is 573 g/mol. The summed E-state index contributed by atoms with van der Waals surface area (Å²) in [5, 5.41) is 3.30. The maximum absolute atomic E-state index is 13.1. The molecule has 0 aliphatic heterocycles. The Kier molecular flexibility index (Phi) is 9.60. The molecule has 0 N–H and O–H groups in total. The molecule has 0 amide bonds. The number of alkyl halides is 3. The Morgan fingerprint density at radius 3 is 2.32 bits per heavy atom. The van der Waals surface area contributed by atoms with Crippen LogP contribution in [0.3, 0.4) is 0 Å². The third-order valence-electron chi connectivity index (χ3n) is 6.27. The lowest BCUT2D eigenvalue weighted by atomic mass is 10.1. The summed E-state index contributed by atoms with van der Waals surface area (Å²) in [6.07, 6.45) is -3.74. The molecule has 0 aliphatic rings. The molecule has 5 nitrogen and oxygen atoms in total. The smallest absolute Gasteiger partial charge is 0.416 e. The van der Waals surface area contributed by atoms with E-state index in [9.17, 15) is 18.0 Å². The van der Waals surface area contributed by atoms with Crippen molar-refractivity contribution in [2.75, 3.05) is 18.1 Å². The highest BCUT2D eigenvalue weighted by atomic mass is 35.5. The first-order valence-electron chi connectivity index (χ1n) is 13.0. The molecule has 4 aromatic rings. The molecule has 0 aliphatic carbocycles. The fourth-order valence-corrected chi connectivity index (χ4v) is 5.13. The van der Waals surface area contributed by atoms with Crippen molar-refractivity contribution >= 4 is 34.0 Å². The largest absolute Gasteiger partial charge is 0.476 e. The Labute approximate surface area is 246 Å². The first kappa shape index (κ1) is 30.4. The topological polar surface area (TPSA) is 51.7 Å². The lowest BCUT2D eigenvalue weighted by Gasteiger charge is -2.24. The zero-order chi connectivity index (χ0) is 29.6. The van der Waals surface area contributed by atoms with Crippen molar-refractivity contribution in [1.29, 1.82) is 0 Å². The molecule has 10 heteroatoms. The summed E-state index contributed by atoms with van der Waals surface area (Å²) in [5.41, 5.74) is 1.62. The van der Waals surface area contributed by atoms with Gasteiger partial charge in [-0.1, -0.05) is 48.0 Å². The van der Waals surface area contributed by atoms with Gasteiger partial charge in [0.05, 0.1) is 17.9 Å². The predicted octanol–water partition coefficient (Wildman–Crippen LogP) is 8.45. The number of carbonyl (C=O) groups is 1. The Bertz CT molecular complexity index is 1450. The molecule has 3 aromatic carbocycles. The van der Waals surface area contributed by atoms with Gasteiger partial charge in [-0.05, 0) is 74.7 Å². The third-order valence-corrected chi connectivity index (χ3v) is 7.41. The van der Waals surface area contributed by atoms with Gasteiger partial charge in [0.2, 0.25) is 0 Å². The predicted molar refractivity (Wildman–Crippen MR) is 157 cm³/mol. The van der Waals surface area contributed by atoms with Crippen LogP contribution in [0.2, 0.25) is 5.02 Å². The zero-order valence-electron chi connectivity index (χ0n) is 22.9. The van der Waals surface area contributed by atoms with Crippen LogP contribution < -0.4 is 9.64 Å². The standard InChI is InChI=1S/C31H30ClF3N2O3S/c1-4-39-28(38)30(2,3)40-26-14-10-21(11-15-26)16-17-37(19-22-8-12-24(13-9-22)31(33,34)35)29-36-27(20-41-29)23-6-5-7-25(32)18-23/h5-15,18,20H,4,16-17,19H2,1-3H3. The van der Waals surface area contributed by atoms with Crippen LogP contribution in [0.4, 0.5) is 18.3 Å². The van der Waals surface area contributed by atoms with E-state index in [1.165, 1.54) is 23.5 Å². The average Bonchev–Trinajstić information content (AvgIpc) is 3.42. The fraction of sp³-hybridized carbons (Fsp3) is 0.290. The fourth-order valence-electron chi connectivity index (χ4n) is 4.08. The maximum Gasteiger partial charge on any atom is 0.416 e. The monoisotopic (exact) mass is 602 g/mol. The molecule has 0 bridgehead atoms. The molecule has 1 aromatic heterocycles. The van der Waals surface area contributed by atoms with Gasteiger partial charge in [-0.2, -0.15) is 13.2 Å². The number of esters is 1. The van der Waals surface area contributed by atoms with Gasteiger partial charge in [0.25, 0.3) is 0 Å².